The highest BCUT2D eigenvalue weighted by molar-refractivity contribution is 5.95. The van der Waals surface area contributed by atoms with E-state index in [1.807, 2.05) is 19.1 Å². The van der Waals surface area contributed by atoms with Crippen molar-refractivity contribution in [2.45, 2.75) is 98.2 Å². The Labute approximate surface area is 369 Å². The van der Waals surface area contributed by atoms with Gasteiger partial charge < -0.3 is 49.1 Å². The number of carboxylic acid groups (broad SMARTS) is 3. The number of hydrogen-bond acceptors (Lipinski definition) is 9. The number of ether oxygens (including phenoxy) is 4. The number of carbonyl (C=O) groups is 3. The van der Waals surface area contributed by atoms with Crippen molar-refractivity contribution in [3.05, 3.63) is 71.8 Å². The maximum atomic E-state index is 11.9. The lowest BCUT2D eigenvalue weighted by Gasteiger charge is -2.35. The molecule has 1 aromatic heterocycles. The van der Waals surface area contributed by atoms with Gasteiger partial charge in [0.1, 0.15) is 51.3 Å². The molecule has 13 heteroatoms. The molecule has 8 rings (SSSR count). The summed E-state index contributed by atoms with van der Waals surface area (Å²) in [6, 6.07) is 18.0. The van der Waals surface area contributed by atoms with Gasteiger partial charge in [0.2, 0.25) is 0 Å². The van der Waals surface area contributed by atoms with Crippen molar-refractivity contribution in [3.63, 3.8) is 0 Å². The third-order valence-electron chi connectivity index (χ3n) is 15.2. The molecule has 1 heterocycles. The Hall–Kier alpha value is -5.27. The SMILES string of the molecule is Cc1ccc(N(COC23CC(C)CCC2C3(C)C)COC23CC(C)CCC2C3(C)C)c(OCCOc2cc(-c3cc4ccc(C(=O)O)cc4[nH]3)ccc2N(CC(=O)O)CC(=O)O)c1. The largest absolute Gasteiger partial charge is 0.488 e. The van der Waals surface area contributed by atoms with Crippen LogP contribution in [0.1, 0.15) is 96.0 Å². The molecule has 6 atom stereocenters. The quantitative estimate of drug-likeness (QED) is 0.0521. The minimum Gasteiger partial charge on any atom is -0.488 e. The van der Waals surface area contributed by atoms with Crippen LogP contribution in [-0.2, 0) is 19.1 Å². The van der Waals surface area contributed by atoms with Crippen LogP contribution >= 0.6 is 0 Å². The summed E-state index contributed by atoms with van der Waals surface area (Å²) in [6.45, 7) is 15.8. The number of fused-ring (bicyclic) bond motifs is 3. The maximum absolute atomic E-state index is 11.9. The van der Waals surface area contributed by atoms with E-state index in [1.54, 1.807) is 30.3 Å². The van der Waals surface area contributed by atoms with Gasteiger partial charge in [0.25, 0.3) is 0 Å². The molecule has 0 amide bonds. The molecular weight excluding hydrogens is 803 g/mol. The fourth-order valence-corrected chi connectivity index (χ4v) is 11.6. The normalized spacial score (nSPS) is 26.3. The lowest BCUT2D eigenvalue weighted by atomic mass is 9.88. The fourth-order valence-electron chi connectivity index (χ4n) is 11.6. The summed E-state index contributed by atoms with van der Waals surface area (Å²) in [6.07, 6.45) is 6.87. The van der Waals surface area contributed by atoms with E-state index in [9.17, 15) is 29.7 Å². The second-order valence-electron chi connectivity index (χ2n) is 20.0. The predicted octanol–water partition coefficient (Wildman–Crippen LogP) is 9.46. The van der Waals surface area contributed by atoms with Crippen molar-refractivity contribution in [2.24, 2.45) is 34.5 Å². The molecule has 4 aliphatic rings. The number of H-pyrrole nitrogens is 1. The smallest absolute Gasteiger partial charge is 0.335 e. The molecule has 6 unspecified atom stereocenters. The molecule has 0 spiro atoms. The summed E-state index contributed by atoms with van der Waals surface area (Å²) in [4.78, 5) is 42.1. The van der Waals surface area contributed by atoms with Crippen LogP contribution in [0, 0.1) is 41.4 Å². The highest BCUT2D eigenvalue weighted by atomic mass is 16.6. The molecule has 4 aromatic rings. The van der Waals surface area contributed by atoms with Crippen LogP contribution in [-0.4, -0.2) is 89.2 Å². The minimum absolute atomic E-state index is 0.0488. The van der Waals surface area contributed by atoms with E-state index >= 15 is 0 Å². The third-order valence-corrected chi connectivity index (χ3v) is 15.2. The average molecular weight is 866 g/mol. The number of rotatable bonds is 19. The Kier molecular flexibility index (Phi) is 11.8. The molecule has 3 aromatic carbocycles. The van der Waals surface area contributed by atoms with Crippen molar-refractivity contribution >= 4 is 40.2 Å². The second kappa shape index (κ2) is 16.7. The molecule has 4 saturated carbocycles. The van der Waals surface area contributed by atoms with E-state index in [0.29, 0.717) is 65.3 Å². The predicted molar refractivity (Wildman–Crippen MR) is 241 cm³/mol. The first-order valence-electron chi connectivity index (χ1n) is 22.4. The van der Waals surface area contributed by atoms with Gasteiger partial charge in [-0.25, -0.2) is 4.79 Å². The molecule has 0 bridgehead atoms. The van der Waals surface area contributed by atoms with Crippen molar-refractivity contribution in [2.75, 3.05) is 49.6 Å². The fraction of sp³-hybridized carbons (Fsp3) is 0.540. The molecule has 0 radical (unpaired) electrons. The van der Waals surface area contributed by atoms with E-state index < -0.39 is 31.0 Å². The monoisotopic (exact) mass is 865 g/mol. The first kappa shape index (κ1) is 44.3. The van der Waals surface area contributed by atoms with Gasteiger partial charge in [0, 0.05) is 22.2 Å². The number of benzene rings is 3. The van der Waals surface area contributed by atoms with Crippen molar-refractivity contribution in [1.29, 1.82) is 0 Å². The van der Waals surface area contributed by atoms with Crippen molar-refractivity contribution in [1.82, 2.24) is 4.98 Å². The van der Waals surface area contributed by atoms with E-state index in [2.05, 4.69) is 63.6 Å². The Morgan fingerprint density at radius 2 is 1.22 bits per heavy atom. The van der Waals surface area contributed by atoms with E-state index in [1.165, 1.54) is 36.6 Å². The maximum Gasteiger partial charge on any atom is 0.335 e. The molecule has 338 valence electrons. The minimum atomic E-state index is -1.19. The lowest BCUT2D eigenvalue weighted by molar-refractivity contribution is -0.136. The summed E-state index contributed by atoms with van der Waals surface area (Å²) in [5, 5.41) is 29.8. The molecule has 0 aliphatic heterocycles. The molecule has 0 saturated heterocycles. The number of aromatic carboxylic acids is 1. The number of hydrogen-bond donors (Lipinski definition) is 4. The average Bonchev–Trinajstić information content (AvgIpc) is 3.73. The molecule has 4 fully saturated rings. The van der Waals surface area contributed by atoms with E-state index in [4.69, 9.17) is 18.9 Å². The number of nitrogens with one attached hydrogen (secondary N) is 1. The topological polar surface area (TPSA) is 171 Å². The Bertz CT molecular complexity index is 2330. The molecule has 4 aliphatic carbocycles. The number of aromatic nitrogens is 1. The van der Waals surface area contributed by atoms with Crippen LogP contribution in [0.2, 0.25) is 0 Å². The van der Waals surface area contributed by atoms with Gasteiger partial charge in [-0.2, -0.15) is 0 Å². The summed E-state index contributed by atoms with van der Waals surface area (Å²) in [5.41, 5.74) is 4.10. The number of aliphatic carboxylic acids is 2. The molecule has 4 N–H and O–H groups in total. The van der Waals surface area contributed by atoms with Crippen LogP contribution < -0.4 is 19.3 Å². The van der Waals surface area contributed by atoms with Crippen LogP contribution in [0.25, 0.3) is 22.2 Å². The zero-order valence-corrected chi connectivity index (χ0v) is 37.7. The number of aryl methyl sites for hydroxylation is 1. The van der Waals surface area contributed by atoms with Gasteiger partial charge in [-0.3, -0.25) is 9.59 Å². The van der Waals surface area contributed by atoms with Crippen LogP contribution in [0.4, 0.5) is 11.4 Å². The number of anilines is 2. The lowest BCUT2D eigenvalue weighted by Crippen LogP contribution is -2.39. The first-order chi connectivity index (χ1) is 29.8. The van der Waals surface area contributed by atoms with Crippen molar-refractivity contribution < 1.29 is 48.7 Å². The standard InChI is InChI=1S/C50H63N3O10/c1-30-8-14-39(53(28-62-49-24-31(2)9-16-42(49)47(49,4)5)29-63-50-25-32(3)10-17-43(50)48(50,6)7)40(20-30)60-18-19-61-41-23-34(13-15-38(41)52(26-44(54)55)27-45(56)57)36-21-33-11-12-35(46(58)59)22-37(33)51-36/h8,11-15,20-23,31-32,42-43,51H,9-10,16-19,24-29H2,1-7H3,(H,54,55)(H,56,57)(H,58,59). The first-order valence-corrected chi connectivity index (χ1v) is 22.4. The van der Waals surface area contributed by atoms with Gasteiger partial charge >= 0.3 is 17.9 Å². The van der Waals surface area contributed by atoms with Gasteiger partial charge in [-0.1, -0.05) is 72.6 Å². The molecule has 13 nitrogen and oxygen atoms in total. The van der Waals surface area contributed by atoms with Gasteiger partial charge in [-0.05, 0) is 115 Å². The van der Waals surface area contributed by atoms with Crippen LogP contribution in [0.15, 0.2) is 60.7 Å². The number of nitrogens with zero attached hydrogens (tertiary/aromatic N) is 2. The number of carboxylic acids is 3. The number of aromatic amines is 1. The van der Waals surface area contributed by atoms with Gasteiger partial charge in [-0.15, -0.1) is 0 Å². The third kappa shape index (κ3) is 8.34. The van der Waals surface area contributed by atoms with E-state index in [0.717, 1.165) is 29.5 Å². The summed E-state index contributed by atoms with van der Waals surface area (Å²) >= 11 is 0. The highest BCUT2D eigenvalue weighted by Crippen LogP contribution is 2.72. The Balaban J connectivity index is 1.05. The zero-order valence-electron chi connectivity index (χ0n) is 37.7. The van der Waals surface area contributed by atoms with Crippen LogP contribution in [0.3, 0.4) is 0 Å². The zero-order chi connectivity index (χ0) is 45.1. The van der Waals surface area contributed by atoms with Crippen LogP contribution in [0.5, 0.6) is 11.5 Å². The Morgan fingerprint density at radius 1 is 0.683 bits per heavy atom. The van der Waals surface area contributed by atoms with E-state index in [-0.39, 0.29) is 46.6 Å². The summed E-state index contributed by atoms with van der Waals surface area (Å²) in [7, 11) is 0. The van der Waals surface area contributed by atoms with Crippen molar-refractivity contribution in [3.8, 4) is 22.8 Å². The molecule has 63 heavy (non-hydrogen) atoms. The summed E-state index contributed by atoms with van der Waals surface area (Å²) in [5.74, 6) is -0.281. The highest BCUT2D eigenvalue weighted by Gasteiger charge is 2.74. The van der Waals surface area contributed by atoms with Gasteiger partial charge in [0.15, 0.2) is 0 Å². The van der Waals surface area contributed by atoms with Gasteiger partial charge in [0.05, 0.1) is 28.1 Å². The second-order valence-corrected chi connectivity index (χ2v) is 20.0. The molecular formula is C50H63N3O10. The Morgan fingerprint density at radius 3 is 1.78 bits per heavy atom. The summed E-state index contributed by atoms with van der Waals surface area (Å²) < 4.78 is 27.1.